The maximum atomic E-state index is 12.7. The van der Waals surface area contributed by atoms with Crippen molar-refractivity contribution >= 4 is 37.7 Å². The molecule has 0 aliphatic carbocycles. The SMILES string of the molecule is COc1ccc(C2SCCN2S(=O)(=O)c2cnc[nH]2)cc1Br. The highest BCUT2D eigenvalue weighted by molar-refractivity contribution is 9.10. The summed E-state index contributed by atoms with van der Waals surface area (Å²) >= 11 is 5.05. The van der Waals surface area contributed by atoms with E-state index in [0.29, 0.717) is 6.54 Å². The number of thioether (sulfide) groups is 1. The van der Waals surface area contributed by atoms with Gasteiger partial charge in [-0.3, -0.25) is 0 Å². The summed E-state index contributed by atoms with van der Waals surface area (Å²) in [6, 6.07) is 5.62. The number of aromatic nitrogens is 2. The Morgan fingerprint density at radius 3 is 2.95 bits per heavy atom. The Labute approximate surface area is 141 Å². The number of hydrogen-bond donors (Lipinski definition) is 1. The highest BCUT2D eigenvalue weighted by atomic mass is 79.9. The molecule has 9 heteroatoms. The molecule has 1 unspecified atom stereocenters. The summed E-state index contributed by atoms with van der Waals surface area (Å²) < 4.78 is 32.9. The van der Waals surface area contributed by atoms with Crippen molar-refractivity contribution in [1.29, 1.82) is 0 Å². The molecule has 0 saturated carbocycles. The average Bonchev–Trinajstić information content (AvgIpc) is 3.19. The van der Waals surface area contributed by atoms with Gasteiger partial charge in [0, 0.05) is 12.3 Å². The third-order valence-electron chi connectivity index (χ3n) is 3.37. The largest absolute Gasteiger partial charge is 0.496 e. The molecule has 1 aliphatic rings. The van der Waals surface area contributed by atoms with Gasteiger partial charge < -0.3 is 9.72 Å². The number of halogens is 1. The Bertz CT molecular complexity index is 765. The van der Waals surface area contributed by atoms with E-state index in [4.69, 9.17) is 4.74 Å². The standard InChI is InChI=1S/C13H14BrN3O3S2/c1-20-11-3-2-9(6-10(11)14)13-17(4-5-21-13)22(18,19)12-7-15-8-16-12/h2-3,6-8,13H,4-5H2,1H3,(H,15,16). The zero-order valence-corrected chi connectivity index (χ0v) is 14.9. The van der Waals surface area contributed by atoms with Crippen molar-refractivity contribution in [2.24, 2.45) is 0 Å². The molecular formula is C13H14BrN3O3S2. The second-order valence-electron chi connectivity index (χ2n) is 4.65. The van der Waals surface area contributed by atoms with Crippen LogP contribution in [0.2, 0.25) is 0 Å². The summed E-state index contributed by atoms with van der Waals surface area (Å²) in [6.07, 6.45) is 2.70. The van der Waals surface area contributed by atoms with E-state index in [2.05, 4.69) is 25.9 Å². The van der Waals surface area contributed by atoms with Gasteiger partial charge in [0.1, 0.15) is 5.75 Å². The van der Waals surface area contributed by atoms with Gasteiger partial charge >= 0.3 is 0 Å². The lowest BCUT2D eigenvalue weighted by Gasteiger charge is -2.23. The first kappa shape index (κ1) is 15.9. The molecule has 0 amide bonds. The van der Waals surface area contributed by atoms with E-state index in [0.717, 1.165) is 21.5 Å². The number of benzene rings is 1. The second kappa shape index (κ2) is 6.23. The monoisotopic (exact) mass is 403 g/mol. The first-order valence-corrected chi connectivity index (χ1v) is 9.77. The van der Waals surface area contributed by atoms with Crippen LogP contribution in [0.1, 0.15) is 10.9 Å². The number of nitrogens with zero attached hydrogens (tertiary/aromatic N) is 2. The van der Waals surface area contributed by atoms with Crippen molar-refractivity contribution in [3.63, 3.8) is 0 Å². The molecule has 22 heavy (non-hydrogen) atoms. The lowest BCUT2D eigenvalue weighted by Crippen LogP contribution is -2.30. The number of methoxy groups -OCH3 is 1. The number of imidazole rings is 1. The molecule has 6 nitrogen and oxygen atoms in total. The van der Waals surface area contributed by atoms with Crippen LogP contribution in [0.15, 0.2) is 40.2 Å². The van der Waals surface area contributed by atoms with Crippen LogP contribution in [0.25, 0.3) is 0 Å². The fraction of sp³-hybridized carbons (Fsp3) is 0.308. The number of nitrogens with one attached hydrogen (secondary N) is 1. The van der Waals surface area contributed by atoms with Crippen LogP contribution in [-0.4, -0.2) is 42.1 Å². The molecular weight excluding hydrogens is 390 g/mol. The Hall–Kier alpha value is -1.03. The van der Waals surface area contributed by atoms with Crippen molar-refractivity contribution in [3.05, 3.63) is 40.8 Å². The van der Waals surface area contributed by atoms with Gasteiger partial charge in [0.15, 0.2) is 5.03 Å². The van der Waals surface area contributed by atoms with Crippen molar-refractivity contribution in [1.82, 2.24) is 14.3 Å². The summed E-state index contributed by atoms with van der Waals surface area (Å²) in [4.78, 5) is 6.48. The lowest BCUT2D eigenvalue weighted by molar-refractivity contribution is 0.410. The van der Waals surface area contributed by atoms with Gasteiger partial charge in [-0.2, -0.15) is 4.31 Å². The zero-order valence-electron chi connectivity index (χ0n) is 11.7. The van der Waals surface area contributed by atoms with E-state index in [1.165, 1.54) is 16.8 Å². The lowest BCUT2D eigenvalue weighted by atomic mass is 10.2. The second-order valence-corrected chi connectivity index (χ2v) is 8.55. The maximum absolute atomic E-state index is 12.7. The van der Waals surface area contributed by atoms with Gasteiger partial charge in [-0.15, -0.1) is 11.8 Å². The molecule has 1 aromatic carbocycles. The summed E-state index contributed by atoms with van der Waals surface area (Å²) in [6.45, 7) is 0.473. The van der Waals surface area contributed by atoms with Gasteiger partial charge in [-0.25, -0.2) is 13.4 Å². The molecule has 1 aromatic heterocycles. The number of H-pyrrole nitrogens is 1. The maximum Gasteiger partial charge on any atom is 0.261 e. The Morgan fingerprint density at radius 2 is 2.32 bits per heavy atom. The van der Waals surface area contributed by atoms with E-state index in [-0.39, 0.29) is 10.4 Å². The minimum absolute atomic E-state index is 0.118. The van der Waals surface area contributed by atoms with Crippen LogP contribution in [0.3, 0.4) is 0 Å². The molecule has 1 fully saturated rings. The van der Waals surface area contributed by atoms with Gasteiger partial charge in [0.05, 0.1) is 29.5 Å². The minimum Gasteiger partial charge on any atom is -0.496 e. The first-order valence-electron chi connectivity index (χ1n) is 6.49. The smallest absolute Gasteiger partial charge is 0.261 e. The van der Waals surface area contributed by atoms with E-state index >= 15 is 0 Å². The number of ether oxygens (including phenoxy) is 1. The highest BCUT2D eigenvalue weighted by Gasteiger charge is 2.37. The zero-order chi connectivity index (χ0) is 15.7. The third-order valence-corrected chi connectivity index (χ3v) is 7.17. The fourth-order valence-corrected chi connectivity index (χ4v) is 6.00. The summed E-state index contributed by atoms with van der Waals surface area (Å²) in [7, 11) is -1.98. The predicted molar refractivity (Wildman–Crippen MR) is 88.4 cm³/mol. The van der Waals surface area contributed by atoms with Crippen LogP contribution < -0.4 is 4.74 Å². The van der Waals surface area contributed by atoms with E-state index < -0.39 is 10.0 Å². The molecule has 1 saturated heterocycles. The molecule has 1 N–H and O–H groups in total. The van der Waals surface area contributed by atoms with Gasteiger partial charge in [-0.1, -0.05) is 6.07 Å². The topological polar surface area (TPSA) is 75.3 Å². The summed E-state index contributed by atoms with van der Waals surface area (Å²) in [5, 5.41) is -0.136. The van der Waals surface area contributed by atoms with Crippen LogP contribution in [0, 0.1) is 0 Å². The molecule has 0 bridgehead atoms. The molecule has 2 aromatic rings. The predicted octanol–water partition coefficient (Wildman–Crippen LogP) is 2.62. The van der Waals surface area contributed by atoms with Crippen LogP contribution in [-0.2, 0) is 10.0 Å². The van der Waals surface area contributed by atoms with E-state index in [1.807, 2.05) is 18.2 Å². The van der Waals surface area contributed by atoms with Crippen molar-refractivity contribution in [2.45, 2.75) is 10.4 Å². The molecule has 1 atom stereocenters. The first-order chi connectivity index (χ1) is 10.5. The number of aromatic amines is 1. The molecule has 0 spiro atoms. The summed E-state index contributed by atoms with van der Waals surface area (Å²) in [5.41, 5.74) is 0.915. The number of rotatable bonds is 4. The van der Waals surface area contributed by atoms with Crippen LogP contribution >= 0.6 is 27.7 Å². The Morgan fingerprint density at radius 1 is 1.50 bits per heavy atom. The highest BCUT2D eigenvalue weighted by Crippen LogP contribution is 2.42. The molecule has 0 radical (unpaired) electrons. The van der Waals surface area contributed by atoms with Crippen molar-refractivity contribution in [2.75, 3.05) is 19.4 Å². The average molecular weight is 404 g/mol. The van der Waals surface area contributed by atoms with Crippen LogP contribution in [0.5, 0.6) is 5.75 Å². The fourth-order valence-electron chi connectivity index (χ4n) is 2.31. The Kier molecular flexibility index (Phi) is 4.49. The van der Waals surface area contributed by atoms with E-state index in [9.17, 15) is 8.42 Å². The van der Waals surface area contributed by atoms with Crippen molar-refractivity contribution in [3.8, 4) is 5.75 Å². The van der Waals surface area contributed by atoms with Gasteiger partial charge in [-0.05, 0) is 33.6 Å². The summed E-state index contributed by atoms with van der Waals surface area (Å²) in [5.74, 6) is 1.47. The quantitative estimate of drug-likeness (QED) is 0.848. The third kappa shape index (κ3) is 2.78. The minimum atomic E-state index is -3.57. The normalized spacial score (nSPS) is 19.5. The Balaban J connectivity index is 1.95. The number of sulfonamides is 1. The molecule has 2 heterocycles. The van der Waals surface area contributed by atoms with Gasteiger partial charge in [0.2, 0.25) is 0 Å². The van der Waals surface area contributed by atoms with Gasteiger partial charge in [0.25, 0.3) is 10.0 Å². The molecule has 118 valence electrons. The molecule has 1 aliphatic heterocycles. The van der Waals surface area contributed by atoms with E-state index in [1.54, 1.807) is 18.9 Å². The van der Waals surface area contributed by atoms with Crippen LogP contribution in [0.4, 0.5) is 0 Å². The number of hydrogen-bond acceptors (Lipinski definition) is 5. The molecule has 3 rings (SSSR count). The van der Waals surface area contributed by atoms with Crippen molar-refractivity contribution < 1.29 is 13.2 Å².